The fourth-order valence-electron chi connectivity index (χ4n) is 6.18. The number of hydrogen-bond acceptors (Lipinski definition) is 5. The third-order valence-electron chi connectivity index (χ3n) is 8.23. The van der Waals surface area contributed by atoms with E-state index in [1.54, 1.807) is 40.9 Å². The van der Waals surface area contributed by atoms with Crippen molar-refractivity contribution in [3.63, 3.8) is 0 Å². The molecule has 0 saturated carbocycles. The highest BCUT2D eigenvalue weighted by Crippen LogP contribution is 2.43. The smallest absolute Gasteiger partial charge is 0.100 e. The minimum Gasteiger partial charge on any atom is -0.192 e. The van der Waals surface area contributed by atoms with Crippen LogP contribution in [-0.2, 0) is 0 Å². The second-order valence-corrected chi connectivity index (χ2v) is 12.8. The summed E-state index contributed by atoms with van der Waals surface area (Å²) < 4.78 is 4.77. The maximum absolute atomic E-state index is 10.6. The zero-order chi connectivity index (χ0) is 29.8. The monoisotopic (exact) mass is 593 g/mol. The van der Waals surface area contributed by atoms with Gasteiger partial charge in [0.2, 0.25) is 0 Å². The summed E-state index contributed by atoms with van der Waals surface area (Å²) in [5.41, 5.74) is 5.86. The van der Waals surface area contributed by atoms with Crippen LogP contribution in [0, 0.1) is 34.0 Å². The molecule has 2 aromatic heterocycles. The highest BCUT2D eigenvalue weighted by atomic mass is 32.1. The summed E-state index contributed by atoms with van der Waals surface area (Å²) in [6, 6.07) is 45.8. The van der Waals surface area contributed by atoms with E-state index >= 15 is 0 Å². The fourth-order valence-corrected chi connectivity index (χ4v) is 8.47. The Labute approximate surface area is 261 Å². The molecule has 8 aromatic rings. The largest absolute Gasteiger partial charge is 0.192 e. The van der Waals surface area contributed by atoms with Gasteiger partial charge < -0.3 is 0 Å². The maximum atomic E-state index is 10.6. The highest BCUT2D eigenvalue weighted by molar-refractivity contribution is 7.26. The Hall–Kier alpha value is -5.77. The van der Waals surface area contributed by atoms with Gasteiger partial charge in [0, 0.05) is 57.0 Å². The predicted molar refractivity (Wildman–Crippen MR) is 183 cm³/mol. The Kier molecular flexibility index (Phi) is 6.00. The van der Waals surface area contributed by atoms with E-state index in [1.165, 1.54) is 35.6 Å². The minimum atomic E-state index is 0.364. The summed E-state index contributed by atoms with van der Waals surface area (Å²) in [4.78, 5) is 0. The van der Waals surface area contributed by atoms with Gasteiger partial charge >= 0.3 is 0 Å². The summed E-state index contributed by atoms with van der Waals surface area (Å²) in [5, 5.41) is 35.6. The van der Waals surface area contributed by atoms with Crippen molar-refractivity contribution in [1.29, 1.82) is 15.8 Å². The Morgan fingerprint density at radius 3 is 1.52 bits per heavy atom. The zero-order valence-electron chi connectivity index (χ0n) is 23.1. The van der Waals surface area contributed by atoms with E-state index in [4.69, 9.17) is 0 Å². The standard InChI is InChI=1S/C39H19N3S2/c40-20-25-6-5-7-26(21-41)39(25)33-17-27(23-12-14-30-28-8-1-3-10-35(28)43-37(30)18-23)16-32(34(33)22-42)24-13-15-31-29-9-2-4-11-36(29)44-38(31)19-24/h1-19H. The van der Waals surface area contributed by atoms with E-state index in [9.17, 15) is 15.8 Å². The van der Waals surface area contributed by atoms with E-state index in [-0.39, 0.29) is 0 Å². The SMILES string of the molecule is N#Cc1cccc(C#N)c1-c1cc(-c2ccc3c(c2)sc2ccccc23)cc(-c2ccc3c(c2)sc2ccccc23)c1C#N. The van der Waals surface area contributed by atoms with Crippen LogP contribution in [0.15, 0.2) is 115 Å². The molecule has 0 fully saturated rings. The van der Waals surface area contributed by atoms with Crippen LogP contribution < -0.4 is 0 Å². The van der Waals surface area contributed by atoms with Gasteiger partial charge in [0.25, 0.3) is 0 Å². The molecule has 5 heteroatoms. The maximum Gasteiger partial charge on any atom is 0.100 e. The molecular weight excluding hydrogens is 575 g/mol. The molecule has 0 atom stereocenters. The van der Waals surface area contributed by atoms with Gasteiger partial charge in [-0.2, -0.15) is 15.8 Å². The number of nitriles is 3. The van der Waals surface area contributed by atoms with Crippen molar-refractivity contribution >= 4 is 63.0 Å². The summed E-state index contributed by atoms with van der Waals surface area (Å²) in [5.74, 6) is 0. The predicted octanol–water partition coefficient (Wildman–Crippen LogP) is 11.0. The third-order valence-corrected chi connectivity index (χ3v) is 10.5. The van der Waals surface area contributed by atoms with E-state index in [1.807, 2.05) is 6.07 Å². The van der Waals surface area contributed by atoms with Gasteiger partial charge in [-0.05, 0) is 65.2 Å². The number of nitrogens with zero attached hydrogens (tertiary/aromatic N) is 3. The third kappa shape index (κ3) is 3.98. The quantitative estimate of drug-likeness (QED) is 0.205. The molecule has 202 valence electrons. The molecule has 0 spiro atoms. The lowest BCUT2D eigenvalue weighted by atomic mass is 9.85. The Balaban J connectivity index is 1.43. The molecule has 0 aliphatic carbocycles. The van der Waals surface area contributed by atoms with Gasteiger partial charge in [-0.1, -0.05) is 66.7 Å². The van der Waals surface area contributed by atoms with Gasteiger partial charge in [0.15, 0.2) is 0 Å². The van der Waals surface area contributed by atoms with Crippen LogP contribution in [-0.4, -0.2) is 0 Å². The van der Waals surface area contributed by atoms with Gasteiger partial charge in [0.1, 0.15) is 6.07 Å². The van der Waals surface area contributed by atoms with Crippen LogP contribution in [0.2, 0.25) is 0 Å². The number of thiophene rings is 2. The van der Waals surface area contributed by atoms with Crippen molar-refractivity contribution < 1.29 is 0 Å². The molecule has 3 nitrogen and oxygen atoms in total. The van der Waals surface area contributed by atoms with E-state index in [0.29, 0.717) is 27.8 Å². The average molecular weight is 594 g/mol. The Morgan fingerprint density at radius 2 is 0.932 bits per heavy atom. The molecule has 0 aliphatic heterocycles. The first kappa shape index (κ1) is 25.9. The lowest BCUT2D eigenvalue weighted by Gasteiger charge is -2.16. The zero-order valence-corrected chi connectivity index (χ0v) is 24.8. The second-order valence-electron chi connectivity index (χ2n) is 10.6. The summed E-state index contributed by atoms with van der Waals surface area (Å²) >= 11 is 3.49. The molecule has 0 amide bonds. The Bertz CT molecular complexity index is 2570. The van der Waals surface area contributed by atoms with Gasteiger partial charge in [-0.15, -0.1) is 22.7 Å². The van der Waals surface area contributed by atoms with Crippen LogP contribution in [0.25, 0.3) is 73.7 Å². The summed E-state index contributed by atoms with van der Waals surface area (Å²) in [6.45, 7) is 0. The minimum absolute atomic E-state index is 0.364. The number of benzene rings is 6. The molecule has 2 heterocycles. The summed E-state index contributed by atoms with van der Waals surface area (Å²) in [7, 11) is 0. The van der Waals surface area contributed by atoms with Crippen molar-refractivity contribution in [2.45, 2.75) is 0 Å². The first-order valence-electron chi connectivity index (χ1n) is 14.0. The first-order chi connectivity index (χ1) is 21.7. The topological polar surface area (TPSA) is 71.4 Å². The average Bonchev–Trinajstić information content (AvgIpc) is 3.64. The highest BCUT2D eigenvalue weighted by Gasteiger charge is 2.21. The molecular formula is C39H19N3S2. The molecule has 0 saturated heterocycles. The van der Waals surface area contributed by atoms with Gasteiger partial charge in [0.05, 0.1) is 28.8 Å². The van der Waals surface area contributed by atoms with E-state index in [2.05, 4.69) is 109 Å². The molecule has 0 unspecified atom stereocenters. The van der Waals surface area contributed by atoms with Crippen LogP contribution in [0.5, 0.6) is 0 Å². The van der Waals surface area contributed by atoms with Crippen LogP contribution >= 0.6 is 22.7 Å². The fraction of sp³-hybridized carbons (Fsp3) is 0. The number of rotatable bonds is 3. The van der Waals surface area contributed by atoms with E-state index in [0.717, 1.165) is 27.0 Å². The normalized spacial score (nSPS) is 11.1. The van der Waals surface area contributed by atoms with Crippen LogP contribution in [0.3, 0.4) is 0 Å². The van der Waals surface area contributed by atoms with Crippen LogP contribution in [0.1, 0.15) is 16.7 Å². The second kappa shape index (κ2) is 10.2. The molecule has 0 N–H and O–H groups in total. The lowest BCUT2D eigenvalue weighted by Crippen LogP contribution is -1.97. The van der Waals surface area contributed by atoms with Gasteiger partial charge in [-0.25, -0.2) is 0 Å². The first-order valence-corrected chi connectivity index (χ1v) is 15.6. The molecule has 44 heavy (non-hydrogen) atoms. The Morgan fingerprint density at radius 1 is 0.409 bits per heavy atom. The van der Waals surface area contributed by atoms with Crippen molar-refractivity contribution in [3.8, 4) is 51.6 Å². The van der Waals surface area contributed by atoms with Crippen molar-refractivity contribution in [2.75, 3.05) is 0 Å². The van der Waals surface area contributed by atoms with Crippen molar-refractivity contribution in [1.82, 2.24) is 0 Å². The van der Waals surface area contributed by atoms with Crippen LogP contribution in [0.4, 0.5) is 0 Å². The summed E-state index contributed by atoms with van der Waals surface area (Å²) in [6.07, 6.45) is 0. The molecule has 6 aromatic carbocycles. The van der Waals surface area contributed by atoms with E-state index < -0.39 is 0 Å². The van der Waals surface area contributed by atoms with Crippen molar-refractivity contribution in [2.24, 2.45) is 0 Å². The molecule has 0 aliphatic rings. The van der Waals surface area contributed by atoms with Crippen molar-refractivity contribution in [3.05, 3.63) is 132 Å². The number of hydrogen-bond donors (Lipinski definition) is 0. The number of fused-ring (bicyclic) bond motifs is 6. The van der Waals surface area contributed by atoms with Gasteiger partial charge in [-0.3, -0.25) is 0 Å². The molecule has 0 bridgehead atoms. The molecule has 0 radical (unpaired) electrons. The lowest BCUT2D eigenvalue weighted by molar-refractivity contribution is 1.42. The molecule has 8 rings (SSSR count).